The zero-order chi connectivity index (χ0) is 20.4. The Morgan fingerprint density at radius 1 is 1.18 bits per heavy atom. The molecule has 7 nitrogen and oxygen atoms in total. The van der Waals surface area contributed by atoms with Crippen molar-refractivity contribution in [3.05, 3.63) is 58.0 Å². The van der Waals surface area contributed by atoms with E-state index < -0.39 is 0 Å². The Balaban J connectivity index is 1.87. The fourth-order valence-electron chi connectivity index (χ4n) is 2.66. The van der Waals surface area contributed by atoms with Gasteiger partial charge in [0.15, 0.2) is 5.16 Å². The zero-order valence-electron chi connectivity index (χ0n) is 16.2. The van der Waals surface area contributed by atoms with Gasteiger partial charge in [0.2, 0.25) is 11.8 Å². The minimum Gasteiger partial charge on any atom is -0.355 e. The number of nitrogens with one attached hydrogen (secondary N) is 2. The first kappa shape index (κ1) is 21.7. The van der Waals surface area contributed by atoms with Gasteiger partial charge in [-0.05, 0) is 25.8 Å². The Morgan fingerprint density at radius 3 is 2.57 bits per heavy atom. The predicted octanol–water partition coefficient (Wildman–Crippen LogP) is 1.63. The smallest absolute Gasteiger partial charge is 0.251 e. The number of hydrogen-bond acceptors (Lipinski definition) is 5. The zero-order valence-corrected chi connectivity index (χ0v) is 17.1. The van der Waals surface area contributed by atoms with Gasteiger partial charge in [-0.2, -0.15) is 0 Å². The van der Waals surface area contributed by atoms with E-state index >= 15 is 0 Å². The summed E-state index contributed by atoms with van der Waals surface area (Å²) < 4.78 is 0. The van der Waals surface area contributed by atoms with Gasteiger partial charge in [-0.3, -0.25) is 14.4 Å². The summed E-state index contributed by atoms with van der Waals surface area (Å²) in [6.45, 7) is 5.64. The van der Waals surface area contributed by atoms with Gasteiger partial charge in [-0.1, -0.05) is 42.1 Å². The van der Waals surface area contributed by atoms with Crippen molar-refractivity contribution < 1.29 is 9.59 Å². The normalized spacial score (nSPS) is 10.5. The van der Waals surface area contributed by atoms with Crippen LogP contribution in [0.3, 0.4) is 0 Å². The maximum atomic E-state index is 12.1. The van der Waals surface area contributed by atoms with E-state index in [4.69, 9.17) is 0 Å². The lowest BCUT2D eigenvalue weighted by atomic mass is 10.1. The van der Waals surface area contributed by atoms with Gasteiger partial charge >= 0.3 is 0 Å². The number of benzene rings is 1. The maximum Gasteiger partial charge on any atom is 0.251 e. The third-order valence-corrected chi connectivity index (χ3v) is 5.00. The molecule has 150 valence electrons. The molecule has 1 heterocycles. The van der Waals surface area contributed by atoms with E-state index in [1.165, 1.54) is 17.8 Å². The maximum absolute atomic E-state index is 12.1. The van der Waals surface area contributed by atoms with Gasteiger partial charge in [-0.15, -0.1) is 0 Å². The van der Waals surface area contributed by atoms with Gasteiger partial charge in [0.25, 0.3) is 5.56 Å². The second-order valence-corrected chi connectivity index (χ2v) is 7.12. The van der Waals surface area contributed by atoms with Crippen molar-refractivity contribution in [1.82, 2.24) is 20.2 Å². The molecule has 0 bridgehead atoms. The lowest BCUT2D eigenvalue weighted by Crippen LogP contribution is -2.32. The molecule has 2 amide bonds. The number of thioether (sulfide) groups is 1. The molecular formula is C20H26N4O3S. The molecule has 0 fully saturated rings. The number of rotatable bonds is 10. The second kappa shape index (κ2) is 11.3. The molecule has 0 radical (unpaired) electrons. The largest absolute Gasteiger partial charge is 0.355 e. The first-order valence-corrected chi connectivity index (χ1v) is 10.3. The molecule has 2 N–H and O–H groups in total. The van der Waals surface area contributed by atoms with E-state index in [-0.39, 0.29) is 29.5 Å². The summed E-state index contributed by atoms with van der Waals surface area (Å²) in [6.07, 6.45) is 0.764. The molecule has 0 aliphatic carbocycles. The van der Waals surface area contributed by atoms with Crippen LogP contribution in [0.5, 0.6) is 0 Å². The molecule has 1 aromatic carbocycles. The average Bonchev–Trinajstić information content (AvgIpc) is 2.68. The van der Waals surface area contributed by atoms with Crippen LogP contribution in [0.15, 0.2) is 46.3 Å². The summed E-state index contributed by atoms with van der Waals surface area (Å²) in [5.41, 5.74) is 1.20. The fourth-order valence-corrected chi connectivity index (χ4v) is 3.46. The van der Waals surface area contributed by atoms with Gasteiger partial charge in [0.1, 0.15) is 0 Å². The van der Waals surface area contributed by atoms with Gasteiger partial charge < -0.3 is 15.2 Å². The monoisotopic (exact) mass is 402 g/mol. The Morgan fingerprint density at radius 2 is 1.89 bits per heavy atom. The van der Waals surface area contributed by atoms with Crippen molar-refractivity contribution >= 4 is 23.6 Å². The van der Waals surface area contributed by atoms with Crippen molar-refractivity contribution in [2.24, 2.45) is 0 Å². The topological polar surface area (TPSA) is 95.2 Å². The van der Waals surface area contributed by atoms with E-state index in [1.54, 1.807) is 4.90 Å². The lowest BCUT2D eigenvalue weighted by molar-refractivity contribution is -0.128. The molecule has 2 rings (SSSR count). The highest BCUT2D eigenvalue weighted by Crippen LogP contribution is 2.12. The summed E-state index contributed by atoms with van der Waals surface area (Å²) in [7, 11) is 0. The molecule has 1 aromatic heterocycles. The summed E-state index contributed by atoms with van der Waals surface area (Å²) >= 11 is 1.17. The molecule has 0 aliphatic heterocycles. The molecular weight excluding hydrogens is 376 g/mol. The number of nitrogens with zero attached hydrogens (tertiary/aromatic N) is 2. The van der Waals surface area contributed by atoms with Crippen LogP contribution in [0.4, 0.5) is 0 Å². The van der Waals surface area contributed by atoms with Crippen LogP contribution in [-0.2, 0) is 22.4 Å². The molecule has 28 heavy (non-hydrogen) atoms. The van der Waals surface area contributed by atoms with Crippen LogP contribution < -0.4 is 10.9 Å². The number of H-pyrrole nitrogens is 1. The van der Waals surface area contributed by atoms with E-state index in [2.05, 4.69) is 15.3 Å². The first-order chi connectivity index (χ1) is 13.5. The SMILES string of the molecule is CCN(CC)C(=O)CSc1nc(CC(=O)NCCc2ccccc2)cc(=O)[nH]1. The van der Waals surface area contributed by atoms with Crippen LogP contribution in [-0.4, -0.2) is 52.1 Å². The van der Waals surface area contributed by atoms with Crippen molar-refractivity contribution in [2.75, 3.05) is 25.4 Å². The minimum absolute atomic E-state index is 0.0123. The number of aromatic amines is 1. The highest BCUT2D eigenvalue weighted by molar-refractivity contribution is 7.99. The summed E-state index contributed by atoms with van der Waals surface area (Å²) in [6, 6.07) is 11.2. The number of aromatic nitrogens is 2. The number of amides is 2. The van der Waals surface area contributed by atoms with E-state index in [9.17, 15) is 14.4 Å². The van der Waals surface area contributed by atoms with Crippen LogP contribution in [0.25, 0.3) is 0 Å². The first-order valence-electron chi connectivity index (χ1n) is 9.33. The third kappa shape index (κ3) is 7.19. The van der Waals surface area contributed by atoms with Crippen molar-refractivity contribution in [3.8, 4) is 0 Å². The third-order valence-electron chi connectivity index (χ3n) is 4.14. The van der Waals surface area contributed by atoms with E-state index in [0.717, 1.165) is 12.0 Å². The second-order valence-electron chi connectivity index (χ2n) is 6.16. The van der Waals surface area contributed by atoms with Gasteiger partial charge in [0, 0.05) is 25.7 Å². The molecule has 8 heteroatoms. The van der Waals surface area contributed by atoms with Gasteiger partial charge in [0.05, 0.1) is 17.9 Å². The van der Waals surface area contributed by atoms with Crippen molar-refractivity contribution in [3.63, 3.8) is 0 Å². The Kier molecular flexibility index (Phi) is 8.74. The molecule has 0 spiro atoms. The standard InChI is InChI=1S/C20H26N4O3S/c1-3-24(4-2)19(27)14-28-20-22-16(13-18(26)23-20)12-17(25)21-11-10-15-8-6-5-7-9-15/h5-9,13H,3-4,10-12,14H2,1-2H3,(H,21,25)(H,22,23,26). The van der Waals surface area contributed by atoms with Gasteiger partial charge in [-0.25, -0.2) is 4.98 Å². The lowest BCUT2D eigenvalue weighted by Gasteiger charge is -2.17. The molecule has 0 unspecified atom stereocenters. The number of carbonyl (C=O) groups excluding carboxylic acids is 2. The molecule has 2 aromatic rings. The molecule has 0 saturated heterocycles. The molecule has 0 aliphatic rings. The van der Waals surface area contributed by atoms with E-state index in [0.29, 0.717) is 30.5 Å². The molecule has 0 atom stereocenters. The minimum atomic E-state index is -0.333. The van der Waals surface area contributed by atoms with Crippen molar-refractivity contribution in [2.45, 2.75) is 31.8 Å². The quantitative estimate of drug-likeness (QED) is 0.465. The highest BCUT2D eigenvalue weighted by atomic mass is 32.2. The van der Waals surface area contributed by atoms with Crippen LogP contribution >= 0.6 is 11.8 Å². The van der Waals surface area contributed by atoms with E-state index in [1.807, 2.05) is 44.2 Å². The number of carbonyl (C=O) groups is 2. The highest BCUT2D eigenvalue weighted by Gasteiger charge is 2.12. The summed E-state index contributed by atoms with van der Waals surface area (Å²) in [5.74, 6) is -0.0111. The summed E-state index contributed by atoms with van der Waals surface area (Å²) in [4.78, 5) is 44.7. The van der Waals surface area contributed by atoms with Crippen LogP contribution in [0.2, 0.25) is 0 Å². The Hall–Kier alpha value is -2.61. The Bertz CT molecular complexity index is 835. The number of hydrogen-bond donors (Lipinski definition) is 2. The summed E-state index contributed by atoms with van der Waals surface area (Å²) in [5, 5.41) is 3.19. The Labute approximate surface area is 168 Å². The fraction of sp³-hybridized carbons (Fsp3) is 0.400. The van der Waals surface area contributed by atoms with Crippen LogP contribution in [0, 0.1) is 0 Å². The molecule has 0 saturated carbocycles. The van der Waals surface area contributed by atoms with Crippen LogP contribution in [0.1, 0.15) is 25.1 Å². The predicted molar refractivity (Wildman–Crippen MR) is 110 cm³/mol. The average molecular weight is 403 g/mol. The van der Waals surface area contributed by atoms with Crippen molar-refractivity contribution in [1.29, 1.82) is 0 Å².